The van der Waals surface area contributed by atoms with Gasteiger partial charge in [-0.2, -0.15) is 36.4 Å². The Morgan fingerprint density at radius 1 is 0.588 bits per heavy atom. The van der Waals surface area contributed by atoms with Crippen molar-refractivity contribution in [1.29, 1.82) is 0 Å². The van der Waals surface area contributed by atoms with Crippen LogP contribution in [0.4, 0.5) is 0 Å². The molecule has 0 saturated carbocycles. The van der Waals surface area contributed by atoms with E-state index in [0.717, 1.165) is 0 Å². The van der Waals surface area contributed by atoms with Crippen LogP contribution in [0.25, 0.3) is 21.5 Å². The van der Waals surface area contributed by atoms with Gasteiger partial charge >= 0.3 is 55.4 Å². The number of fused-ring (bicyclic) bond motifs is 2. The van der Waals surface area contributed by atoms with E-state index in [0.29, 0.717) is 12.1 Å². The van der Waals surface area contributed by atoms with E-state index in [1.165, 1.54) is 32.7 Å². The van der Waals surface area contributed by atoms with Gasteiger partial charge in [-0.1, -0.05) is 36.4 Å². The third-order valence-electron chi connectivity index (χ3n) is 5.89. The summed E-state index contributed by atoms with van der Waals surface area (Å²) in [6, 6.07) is 32.7. The van der Waals surface area contributed by atoms with Crippen molar-refractivity contribution in [3.63, 3.8) is 0 Å². The number of hydrogen-bond acceptors (Lipinski definition) is 2. The molecule has 2 atom stereocenters. The summed E-state index contributed by atoms with van der Waals surface area (Å²) in [6.07, 6.45) is 0. The molecule has 0 spiro atoms. The first-order valence-corrected chi connectivity index (χ1v) is 14.8. The summed E-state index contributed by atoms with van der Waals surface area (Å²) in [5, 5.41) is 5.20. The molecule has 4 aromatic rings. The molecular formula is C28H32Cl2N2Pd2. The maximum atomic E-state index is 4.49. The molecule has 0 radical (unpaired) electrons. The van der Waals surface area contributed by atoms with Gasteiger partial charge in [0.05, 0.1) is 0 Å². The number of halogens is 2. The van der Waals surface area contributed by atoms with Gasteiger partial charge in [0.2, 0.25) is 0 Å². The van der Waals surface area contributed by atoms with Crippen LogP contribution in [0.2, 0.25) is 0 Å². The van der Waals surface area contributed by atoms with E-state index >= 15 is 0 Å². The van der Waals surface area contributed by atoms with Gasteiger partial charge in [-0.3, -0.25) is 0 Å². The molecule has 0 fully saturated rings. The van der Waals surface area contributed by atoms with Crippen molar-refractivity contribution >= 4 is 40.6 Å². The fraction of sp³-hybridized carbons (Fsp3) is 0.286. The van der Waals surface area contributed by atoms with E-state index in [9.17, 15) is 0 Å². The van der Waals surface area contributed by atoms with Crippen LogP contribution in [-0.4, -0.2) is 38.0 Å². The molecule has 0 amide bonds. The van der Waals surface area contributed by atoms with Crippen LogP contribution in [0.5, 0.6) is 0 Å². The van der Waals surface area contributed by atoms with E-state index in [2.05, 4.69) is 180 Å². The van der Waals surface area contributed by atoms with E-state index < -0.39 is 0 Å². The van der Waals surface area contributed by atoms with Gasteiger partial charge < -0.3 is 9.80 Å². The minimum absolute atomic E-state index is 0.399. The molecule has 0 aliphatic rings. The van der Waals surface area contributed by atoms with Crippen LogP contribution in [0.15, 0.2) is 72.8 Å². The summed E-state index contributed by atoms with van der Waals surface area (Å²) < 4.78 is 0. The molecule has 0 aliphatic heterocycles. The Hall–Kier alpha value is -0.775. The average Bonchev–Trinajstić information content (AvgIpc) is 2.89. The molecule has 0 unspecified atom stereocenters. The predicted octanol–water partition coefficient (Wildman–Crippen LogP) is 7.90. The van der Waals surface area contributed by atoms with Crippen molar-refractivity contribution in [1.82, 2.24) is 9.80 Å². The summed E-state index contributed by atoms with van der Waals surface area (Å²) in [7, 11) is 17.4. The van der Waals surface area contributed by atoms with Crippen molar-refractivity contribution < 1.29 is 36.4 Å². The fourth-order valence-electron chi connectivity index (χ4n) is 3.58. The Morgan fingerprint density at radius 3 is 1.24 bits per heavy atom. The predicted molar refractivity (Wildman–Crippen MR) is 141 cm³/mol. The number of nitrogens with zero attached hydrogens (tertiary/aromatic N) is 2. The van der Waals surface area contributed by atoms with Crippen LogP contribution >= 0.6 is 19.1 Å². The van der Waals surface area contributed by atoms with Crippen molar-refractivity contribution in [3.8, 4) is 0 Å². The minimum atomic E-state index is 0.399. The second kappa shape index (κ2) is 16.8. The van der Waals surface area contributed by atoms with Gasteiger partial charge in [-0.05, 0) is 42.0 Å². The molecule has 0 aliphatic carbocycles. The fourth-order valence-corrected chi connectivity index (χ4v) is 3.58. The van der Waals surface area contributed by atoms with Crippen molar-refractivity contribution in [2.24, 2.45) is 0 Å². The molecule has 188 valence electrons. The molecule has 0 N–H and O–H groups in total. The van der Waals surface area contributed by atoms with E-state index in [-0.39, 0.29) is 0 Å². The van der Waals surface area contributed by atoms with Gasteiger partial charge in [0.1, 0.15) is 0 Å². The Kier molecular flexibility index (Phi) is 15.5. The quantitative estimate of drug-likeness (QED) is 0.160. The van der Waals surface area contributed by atoms with Crippen LogP contribution in [0.3, 0.4) is 0 Å². The zero-order valence-corrected chi connectivity index (χ0v) is 25.0. The van der Waals surface area contributed by atoms with Crippen molar-refractivity contribution in [2.45, 2.75) is 25.9 Å². The Morgan fingerprint density at radius 2 is 0.912 bits per heavy atom. The van der Waals surface area contributed by atoms with Crippen LogP contribution < -0.4 is 0 Å². The first-order valence-electron chi connectivity index (χ1n) is 10.8. The van der Waals surface area contributed by atoms with Gasteiger partial charge in [-0.25, -0.2) is 0 Å². The second-order valence-electron chi connectivity index (χ2n) is 8.24. The zero-order valence-electron chi connectivity index (χ0n) is 20.4. The summed E-state index contributed by atoms with van der Waals surface area (Å²) >= 11 is 4.44. The first-order chi connectivity index (χ1) is 16.4. The monoisotopic (exact) mass is 678 g/mol. The average molecular weight is 680 g/mol. The van der Waals surface area contributed by atoms with Crippen LogP contribution in [0, 0.1) is 12.1 Å². The molecule has 4 aromatic carbocycles. The van der Waals surface area contributed by atoms with E-state index in [4.69, 9.17) is 0 Å². The Bertz CT molecular complexity index is 1020. The van der Waals surface area contributed by atoms with Crippen LogP contribution in [0.1, 0.15) is 37.1 Å². The topological polar surface area (TPSA) is 6.48 Å². The van der Waals surface area contributed by atoms with Crippen molar-refractivity contribution in [3.05, 3.63) is 96.1 Å². The van der Waals surface area contributed by atoms with Gasteiger partial charge in [-0.15, -0.1) is 44.8 Å². The van der Waals surface area contributed by atoms with Gasteiger partial charge in [0.15, 0.2) is 0 Å². The third kappa shape index (κ3) is 8.71. The molecule has 0 saturated heterocycles. The second-order valence-corrected chi connectivity index (χ2v) is 8.24. The van der Waals surface area contributed by atoms with Crippen LogP contribution in [-0.2, 0) is 36.4 Å². The Labute approximate surface area is 235 Å². The summed E-state index contributed by atoms with van der Waals surface area (Å²) in [4.78, 5) is 4.41. The zero-order chi connectivity index (χ0) is 25.7. The molecule has 0 heterocycles. The van der Waals surface area contributed by atoms with E-state index in [1.54, 1.807) is 0 Å². The first kappa shape index (κ1) is 31.3. The molecule has 4 rings (SSSR count). The van der Waals surface area contributed by atoms with Gasteiger partial charge in [0.25, 0.3) is 0 Å². The SMILES string of the molecule is C[C@@H](c1[c-]ccc2ccccc12)N(C)C.C[C@@H](c1[c-]ccc2ccccc12)N(C)C.[Cl][Pd+].[Cl][Pd+]. The maximum absolute atomic E-state index is 4.49. The number of hydrogen-bond donors (Lipinski definition) is 0. The van der Waals surface area contributed by atoms with E-state index in [1.807, 2.05) is 12.1 Å². The molecule has 0 aromatic heterocycles. The third-order valence-corrected chi connectivity index (χ3v) is 5.89. The number of rotatable bonds is 4. The molecule has 2 nitrogen and oxygen atoms in total. The summed E-state index contributed by atoms with van der Waals surface area (Å²) in [5.41, 5.74) is 2.55. The summed E-state index contributed by atoms with van der Waals surface area (Å²) in [6.45, 7) is 4.41. The Balaban J connectivity index is 0.000000297. The standard InChI is InChI=1S/2C14H16N.2ClH.2Pd/c2*1-11(15(2)3)13-10-6-8-12-7-4-5-9-14(12)13;;;;/h2*4-9,11H,1-3H3;2*1H;;/q2*-1;;;2*+2/p-2/t2*11-;;;;/m00..../s1. The molecular weight excluding hydrogens is 648 g/mol. The van der Waals surface area contributed by atoms with Gasteiger partial charge in [0, 0.05) is 12.1 Å². The normalized spacial score (nSPS) is 12.2. The van der Waals surface area contributed by atoms with Crippen molar-refractivity contribution in [2.75, 3.05) is 28.2 Å². The molecule has 6 heteroatoms. The number of benzene rings is 4. The molecule has 0 bridgehead atoms. The molecule has 34 heavy (non-hydrogen) atoms. The summed E-state index contributed by atoms with van der Waals surface area (Å²) in [5.74, 6) is 0.